The van der Waals surface area contributed by atoms with Gasteiger partial charge in [0.25, 0.3) is 0 Å². The molecule has 0 spiro atoms. The number of sulfone groups is 1. The summed E-state index contributed by atoms with van der Waals surface area (Å²) >= 11 is 0. The van der Waals surface area contributed by atoms with Gasteiger partial charge in [-0.3, -0.25) is 0 Å². The largest absolute Gasteiger partial charge is 0.399 e. The third-order valence-corrected chi connectivity index (χ3v) is 5.84. The highest BCUT2D eigenvalue weighted by Gasteiger charge is 2.30. The van der Waals surface area contributed by atoms with Crippen molar-refractivity contribution in [2.45, 2.75) is 18.9 Å². The van der Waals surface area contributed by atoms with Crippen LogP contribution in [0.1, 0.15) is 12.2 Å². The van der Waals surface area contributed by atoms with Crippen LogP contribution in [-0.2, 0) is 16.3 Å². The zero-order valence-electron chi connectivity index (χ0n) is 12.0. The smallest absolute Gasteiger partial charge is 0.151 e. The Morgan fingerprint density at radius 1 is 1.48 bits per heavy atom. The quantitative estimate of drug-likeness (QED) is 0.815. The number of nitrogens with zero attached hydrogens (tertiary/aromatic N) is 2. The van der Waals surface area contributed by atoms with Crippen molar-refractivity contribution < 1.29 is 8.42 Å². The molecule has 1 unspecified atom stereocenters. The molecule has 1 aromatic heterocycles. The van der Waals surface area contributed by atoms with E-state index in [2.05, 4.69) is 14.9 Å². The van der Waals surface area contributed by atoms with Gasteiger partial charge in [-0.2, -0.15) is 0 Å². The number of nitrogen functional groups attached to an aromatic ring is 1. The second-order valence-electron chi connectivity index (χ2n) is 5.75. The van der Waals surface area contributed by atoms with Crippen LogP contribution >= 0.6 is 0 Å². The van der Waals surface area contributed by atoms with Gasteiger partial charge >= 0.3 is 0 Å². The Balaban J connectivity index is 1.63. The molecule has 6 nitrogen and oxygen atoms in total. The number of hydrogen-bond donors (Lipinski definition) is 2. The standard InChI is InChI=1S/C14H20N4O2S/c1-18(11-5-7-21(19,20)9-11)6-4-14-16-12-3-2-10(15)8-13(12)17-14/h2-3,8,11H,4-7,9,15H2,1H3,(H,16,17). The number of H-pyrrole nitrogens is 1. The first kappa shape index (κ1) is 14.3. The molecule has 1 saturated heterocycles. The van der Waals surface area contributed by atoms with Crippen molar-refractivity contribution in [1.29, 1.82) is 0 Å². The molecule has 0 saturated carbocycles. The van der Waals surface area contributed by atoms with E-state index in [0.717, 1.165) is 36.2 Å². The van der Waals surface area contributed by atoms with Crippen molar-refractivity contribution in [2.24, 2.45) is 0 Å². The topological polar surface area (TPSA) is 92.1 Å². The van der Waals surface area contributed by atoms with Gasteiger partial charge < -0.3 is 15.6 Å². The molecule has 114 valence electrons. The summed E-state index contributed by atoms with van der Waals surface area (Å²) < 4.78 is 23.0. The van der Waals surface area contributed by atoms with Gasteiger partial charge in [-0.25, -0.2) is 13.4 Å². The lowest BCUT2D eigenvalue weighted by Crippen LogP contribution is -2.34. The number of aromatic amines is 1. The molecule has 2 aromatic rings. The minimum atomic E-state index is -2.83. The summed E-state index contributed by atoms with van der Waals surface area (Å²) in [6.07, 6.45) is 1.50. The summed E-state index contributed by atoms with van der Waals surface area (Å²) in [6.45, 7) is 0.787. The van der Waals surface area contributed by atoms with Gasteiger partial charge in [0.15, 0.2) is 9.84 Å². The second kappa shape index (κ2) is 5.31. The van der Waals surface area contributed by atoms with Crippen molar-refractivity contribution in [1.82, 2.24) is 14.9 Å². The molecule has 2 heterocycles. The number of rotatable bonds is 4. The van der Waals surface area contributed by atoms with Crippen LogP contribution in [0.4, 0.5) is 5.69 Å². The molecule has 0 aliphatic carbocycles. The fourth-order valence-electron chi connectivity index (χ4n) is 2.79. The zero-order valence-corrected chi connectivity index (χ0v) is 12.9. The maximum Gasteiger partial charge on any atom is 0.151 e. The van der Waals surface area contributed by atoms with E-state index < -0.39 is 9.84 Å². The van der Waals surface area contributed by atoms with Crippen LogP contribution in [0.2, 0.25) is 0 Å². The number of nitrogens with one attached hydrogen (secondary N) is 1. The predicted molar refractivity (Wildman–Crippen MR) is 83.9 cm³/mol. The maximum absolute atomic E-state index is 11.5. The Bertz CT molecular complexity index is 753. The van der Waals surface area contributed by atoms with E-state index >= 15 is 0 Å². The highest BCUT2D eigenvalue weighted by Crippen LogP contribution is 2.18. The summed E-state index contributed by atoms with van der Waals surface area (Å²) in [4.78, 5) is 9.90. The van der Waals surface area contributed by atoms with E-state index in [4.69, 9.17) is 5.73 Å². The van der Waals surface area contributed by atoms with Crippen LogP contribution < -0.4 is 5.73 Å². The first-order valence-corrected chi connectivity index (χ1v) is 8.90. The van der Waals surface area contributed by atoms with Gasteiger partial charge in [-0.15, -0.1) is 0 Å². The highest BCUT2D eigenvalue weighted by atomic mass is 32.2. The number of fused-ring (bicyclic) bond motifs is 1. The molecule has 3 rings (SSSR count). The summed E-state index contributed by atoms with van der Waals surface area (Å²) in [7, 11) is -0.849. The number of likely N-dealkylation sites (N-methyl/N-ethyl adjacent to an activating group) is 1. The number of nitrogens with two attached hydrogens (primary N) is 1. The van der Waals surface area contributed by atoms with Gasteiger partial charge in [-0.1, -0.05) is 0 Å². The first-order chi connectivity index (χ1) is 9.93. The number of benzene rings is 1. The first-order valence-electron chi connectivity index (χ1n) is 7.08. The lowest BCUT2D eigenvalue weighted by Gasteiger charge is -2.22. The molecule has 1 fully saturated rings. The van der Waals surface area contributed by atoms with Gasteiger partial charge in [0.1, 0.15) is 5.82 Å². The van der Waals surface area contributed by atoms with E-state index in [9.17, 15) is 8.42 Å². The van der Waals surface area contributed by atoms with E-state index in [1.807, 2.05) is 25.2 Å². The van der Waals surface area contributed by atoms with Crippen molar-refractivity contribution >= 4 is 26.6 Å². The molecule has 1 aliphatic heterocycles. The van der Waals surface area contributed by atoms with Crippen molar-refractivity contribution in [3.05, 3.63) is 24.0 Å². The lowest BCUT2D eigenvalue weighted by atomic mass is 10.2. The molecule has 1 aromatic carbocycles. The van der Waals surface area contributed by atoms with Gasteiger partial charge in [-0.05, 0) is 31.7 Å². The number of anilines is 1. The highest BCUT2D eigenvalue weighted by molar-refractivity contribution is 7.91. The average molecular weight is 308 g/mol. The Morgan fingerprint density at radius 2 is 2.29 bits per heavy atom. The molecule has 21 heavy (non-hydrogen) atoms. The summed E-state index contributed by atoms with van der Waals surface area (Å²) in [5, 5.41) is 0. The number of imidazole rings is 1. The van der Waals surface area contributed by atoms with Crippen molar-refractivity contribution in [3.63, 3.8) is 0 Å². The fourth-order valence-corrected chi connectivity index (χ4v) is 4.59. The Morgan fingerprint density at radius 3 is 3.00 bits per heavy atom. The molecule has 0 radical (unpaired) electrons. The normalized spacial score (nSPS) is 21.3. The lowest BCUT2D eigenvalue weighted by molar-refractivity contribution is 0.264. The average Bonchev–Trinajstić information content (AvgIpc) is 2.98. The summed E-state index contributed by atoms with van der Waals surface area (Å²) in [5.41, 5.74) is 8.31. The zero-order chi connectivity index (χ0) is 15.0. The molecule has 3 N–H and O–H groups in total. The van der Waals surface area contributed by atoms with E-state index in [-0.39, 0.29) is 11.8 Å². The van der Waals surface area contributed by atoms with Crippen LogP contribution in [0.25, 0.3) is 11.0 Å². The molecular weight excluding hydrogens is 288 g/mol. The third kappa shape index (κ3) is 3.19. The second-order valence-corrected chi connectivity index (χ2v) is 7.98. The maximum atomic E-state index is 11.5. The molecule has 1 aliphatic rings. The third-order valence-electron chi connectivity index (χ3n) is 4.09. The van der Waals surface area contributed by atoms with Crippen LogP contribution in [0.3, 0.4) is 0 Å². The summed E-state index contributed by atoms with van der Waals surface area (Å²) in [6, 6.07) is 5.74. The van der Waals surface area contributed by atoms with E-state index in [0.29, 0.717) is 11.4 Å². The molecule has 0 bridgehead atoms. The SMILES string of the molecule is CN(CCc1nc2ccc(N)cc2[nH]1)C1CCS(=O)(=O)C1. The molecule has 7 heteroatoms. The van der Waals surface area contributed by atoms with Gasteiger partial charge in [0.2, 0.25) is 0 Å². The predicted octanol–water partition coefficient (Wildman–Crippen LogP) is 0.807. The Labute approximate surface area is 124 Å². The Hall–Kier alpha value is -1.60. The van der Waals surface area contributed by atoms with Gasteiger partial charge in [0.05, 0.1) is 22.5 Å². The fraction of sp³-hybridized carbons (Fsp3) is 0.500. The molecule has 0 amide bonds. The minimum Gasteiger partial charge on any atom is -0.399 e. The summed E-state index contributed by atoms with van der Waals surface area (Å²) in [5.74, 6) is 1.50. The van der Waals surface area contributed by atoms with Crippen molar-refractivity contribution in [2.75, 3.05) is 30.8 Å². The number of hydrogen-bond acceptors (Lipinski definition) is 5. The van der Waals surface area contributed by atoms with Crippen LogP contribution in [0, 0.1) is 0 Å². The van der Waals surface area contributed by atoms with E-state index in [1.165, 1.54) is 0 Å². The van der Waals surface area contributed by atoms with Gasteiger partial charge in [0, 0.05) is 24.7 Å². The van der Waals surface area contributed by atoms with E-state index in [1.54, 1.807) is 0 Å². The van der Waals surface area contributed by atoms with Crippen LogP contribution in [0.15, 0.2) is 18.2 Å². The van der Waals surface area contributed by atoms with Crippen LogP contribution in [-0.4, -0.2) is 54.4 Å². The molecular formula is C14H20N4O2S. The monoisotopic (exact) mass is 308 g/mol. The molecule has 1 atom stereocenters. The van der Waals surface area contributed by atoms with Crippen molar-refractivity contribution in [3.8, 4) is 0 Å². The van der Waals surface area contributed by atoms with Crippen LogP contribution in [0.5, 0.6) is 0 Å². The minimum absolute atomic E-state index is 0.134. The number of aromatic nitrogens is 2. The Kier molecular flexibility index (Phi) is 3.62.